The molecule has 1 saturated heterocycles. The molecule has 2 aromatic carbocycles. The first kappa shape index (κ1) is 24.2. The van der Waals surface area contributed by atoms with E-state index in [2.05, 4.69) is 5.32 Å². The molecule has 0 radical (unpaired) electrons. The van der Waals surface area contributed by atoms with Crippen LogP contribution in [0, 0.1) is 29.6 Å². The largest absolute Gasteiger partial charge is 0.462 e. The third-order valence-electron chi connectivity index (χ3n) is 7.78. The summed E-state index contributed by atoms with van der Waals surface area (Å²) in [5.41, 5.74) is 1.75. The molecule has 7 nitrogen and oxygen atoms in total. The second-order valence-electron chi connectivity index (χ2n) is 10.7. The van der Waals surface area contributed by atoms with E-state index in [4.69, 9.17) is 4.74 Å². The molecule has 2 aromatic rings. The molecule has 0 aromatic heterocycles. The van der Waals surface area contributed by atoms with Crippen LogP contribution in [0.25, 0.3) is 0 Å². The van der Waals surface area contributed by atoms with E-state index < -0.39 is 17.9 Å². The number of hydrogen-bond donors (Lipinski definition) is 1. The number of nitrogens with one attached hydrogen (secondary N) is 1. The molecule has 0 spiro atoms. The molecular weight excluding hydrogens is 456 g/mol. The summed E-state index contributed by atoms with van der Waals surface area (Å²) in [7, 11) is 0. The quantitative estimate of drug-likeness (QED) is 0.447. The number of nitrogens with zero attached hydrogens (tertiary/aromatic N) is 1. The molecule has 3 aliphatic rings. The number of benzene rings is 2. The van der Waals surface area contributed by atoms with Crippen molar-refractivity contribution in [2.75, 3.05) is 11.9 Å². The summed E-state index contributed by atoms with van der Waals surface area (Å²) in [6.07, 6.45) is 3.17. The van der Waals surface area contributed by atoms with Crippen molar-refractivity contribution in [3.63, 3.8) is 0 Å². The van der Waals surface area contributed by atoms with Gasteiger partial charge in [-0.3, -0.25) is 19.3 Å². The monoisotopic (exact) mass is 488 g/mol. The van der Waals surface area contributed by atoms with Crippen molar-refractivity contribution in [1.29, 1.82) is 0 Å². The molecule has 2 saturated carbocycles. The van der Waals surface area contributed by atoms with Gasteiger partial charge in [-0.2, -0.15) is 0 Å². The number of imide groups is 1. The number of amides is 3. The maximum Gasteiger partial charge on any atom is 0.338 e. The van der Waals surface area contributed by atoms with Gasteiger partial charge in [-0.1, -0.05) is 44.2 Å². The molecule has 36 heavy (non-hydrogen) atoms. The molecule has 2 bridgehead atoms. The van der Waals surface area contributed by atoms with Crippen LogP contribution in [-0.2, 0) is 25.5 Å². The predicted octanol–water partition coefficient (Wildman–Crippen LogP) is 4.08. The molecule has 7 heteroatoms. The second-order valence-corrected chi connectivity index (χ2v) is 10.7. The first-order chi connectivity index (χ1) is 17.3. The maximum absolute atomic E-state index is 13.5. The highest BCUT2D eigenvalue weighted by molar-refractivity contribution is 6.10. The molecule has 0 unspecified atom stereocenters. The van der Waals surface area contributed by atoms with Gasteiger partial charge in [-0.25, -0.2) is 4.79 Å². The zero-order chi connectivity index (χ0) is 25.4. The van der Waals surface area contributed by atoms with Crippen molar-refractivity contribution in [3.05, 3.63) is 65.7 Å². The summed E-state index contributed by atoms with van der Waals surface area (Å²) >= 11 is 0. The zero-order valence-corrected chi connectivity index (χ0v) is 20.7. The lowest BCUT2D eigenvalue weighted by atomic mass is 9.81. The number of carbonyl (C=O) groups excluding carboxylic acids is 4. The Kier molecular flexibility index (Phi) is 6.65. The predicted molar refractivity (Wildman–Crippen MR) is 134 cm³/mol. The van der Waals surface area contributed by atoms with Gasteiger partial charge in [0.15, 0.2) is 0 Å². The van der Waals surface area contributed by atoms with Gasteiger partial charge >= 0.3 is 5.97 Å². The molecule has 5 atom stereocenters. The number of ether oxygens (including phenoxy) is 1. The fraction of sp³-hybridized carbons (Fsp3) is 0.448. The van der Waals surface area contributed by atoms with Crippen LogP contribution in [0.4, 0.5) is 5.69 Å². The number of anilines is 1. The van der Waals surface area contributed by atoms with Gasteiger partial charge in [0.05, 0.1) is 24.0 Å². The lowest BCUT2D eigenvalue weighted by molar-refractivity contribution is -0.147. The number of hydrogen-bond acceptors (Lipinski definition) is 5. The van der Waals surface area contributed by atoms with Gasteiger partial charge in [0.2, 0.25) is 17.7 Å². The number of rotatable bonds is 8. The van der Waals surface area contributed by atoms with E-state index >= 15 is 0 Å². The van der Waals surface area contributed by atoms with Crippen LogP contribution >= 0.6 is 0 Å². The van der Waals surface area contributed by atoms with Crippen LogP contribution in [0.15, 0.2) is 54.6 Å². The maximum atomic E-state index is 13.5. The first-order valence-electron chi connectivity index (χ1n) is 12.8. The lowest BCUT2D eigenvalue weighted by Crippen LogP contribution is -2.49. The molecule has 2 aliphatic carbocycles. The molecule has 3 fully saturated rings. The van der Waals surface area contributed by atoms with Crippen LogP contribution in [0.1, 0.15) is 49.0 Å². The van der Waals surface area contributed by atoms with Gasteiger partial charge < -0.3 is 10.1 Å². The number of esters is 1. The normalized spacial score (nSPS) is 25.2. The average Bonchev–Trinajstić information content (AvgIpc) is 3.56. The van der Waals surface area contributed by atoms with Gasteiger partial charge in [0.25, 0.3) is 0 Å². The van der Waals surface area contributed by atoms with E-state index in [0.717, 1.165) is 24.8 Å². The van der Waals surface area contributed by atoms with Crippen LogP contribution in [-0.4, -0.2) is 41.2 Å². The first-order valence-corrected chi connectivity index (χ1v) is 12.8. The summed E-state index contributed by atoms with van der Waals surface area (Å²) in [5.74, 6) is -1.04. The highest BCUT2D eigenvalue weighted by atomic mass is 16.5. The Morgan fingerprint density at radius 2 is 1.56 bits per heavy atom. The minimum Gasteiger partial charge on any atom is -0.462 e. The van der Waals surface area contributed by atoms with Crippen molar-refractivity contribution < 1.29 is 23.9 Å². The van der Waals surface area contributed by atoms with Gasteiger partial charge in [0.1, 0.15) is 6.04 Å². The summed E-state index contributed by atoms with van der Waals surface area (Å²) < 4.78 is 5.26. The molecule has 1 aliphatic heterocycles. The Morgan fingerprint density at radius 3 is 2.14 bits per heavy atom. The Labute approximate surface area is 211 Å². The Bertz CT molecular complexity index is 1130. The lowest BCUT2D eigenvalue weighted by Gasteiger charge is -2.27. The minimum absolute atomic E-state index is 0.198. The van der Waals surface area contributed by atoms with Crippen molar-refractivity contribution in [2.24, 2.45) is 29.6 Å². The van der Waals surface area contributed by atoms with Crippen LogP contribution in [0.3, 0.4) is 0 Å². The Balaban J connectivity index is 1.35. The summed E-state index contributed by atoms with van der Waals surface area (Å²) in [6.45, 7) is 4.26. The summed E-state index contributed by atoms with van der Waals surface area (Å²) in [4.78, 5) is 54.0. The average molecular weight is 489 g/mol. The fourth-order valence-corrected chi connectivity index (χ4v) is 6.12. The number of carbonyl (C=O) groups is 4. The Hall–Kier alpha value is -3.48. The number of fused-ring (bicyclic) bond motifs is 5. The third-order valence-corrected chi connectivity index (χ3v) is 7.78. The van der Waals surface area contributed by atoms with Crippen molar-refractivity contribution in [2.45, 2.75) is 45.6 Å². The van der Waals surface area contributed by atoms with Gasteiger partial charge in [0, 0.05) is 12.1 Å². The van der Waals surface area contributed by atoms with E-state index in [0.29, 0.717) is 17.9 Å². The highest BCUT2D eigenvalue weighted by Crippen LogP contribution is 2.56. The number of likely N-dealkylation sites (tertiary alicyclic amines) is 1. The SMILES string of the molecule is CC(C)COC(=O)c1ccc(NC(=O)[C@H](Cc2ccccc2)N2C(=O)[C@@H]3[C@H]4CC[C@@H](C4)[C@@H]3C2=O)cc1. The van der Waals surface area contributed by atoms with Gasteiger partial charge in [-0.15, -0.1) is 0 Å². The Morgan fingerprint density at radius 1 is 0.944 bits per heavy atom. The fourth-order valence-electron chi connectivity index (χ4n) is 6.12. The molecule has 188 valence electrons. The molecular formula is C29H32N2O5. The van der Waals surface area contributed by atoms with E-state index in [1.165, 1.54) is 4.90 Å². The smallest absolute Gasteiger partial charge is 0.338 e. The van der Waals surface area contributed by atoms with E-state index in [-0.39, 0.29) is 47.8 Å². The zero-order valence-electron chi connectivity index (χ0n) is 20.7. The van der Waals surface area contributed by atoms with Crippen LogP contribution in [0.5, 0.6) is 0 Å². The molecule has 5 rings (SSSR count). The van der Waals surface area contributed by atoms with Gasteiger partial charge in [-0.05, 0) is 66.8 Å². The van der Waals surface area contributed by atoms with Crippen molar-refractivity contribution in [1.82, 2.24) is 4.90 Å². The van der Waals surface area contributed by atoms with E-state index in [9.17, 15) is 19.2 Å². The van der Waals surface area contributed by atoms with E-state index in [1.54, 1.807) is 24.3 Å². The highest BCUT2D eigenvalue weighted by Gasteiger charge is 2.62. The topological polar surface area (TPSA) is 92.8 Å². The molecule has 1 N–H and O–H groups in total. The molecule has 1 heterocycles. The molecule has 3 amide bonds. The third kappa shape index (κ3) is 4.54. The summed E-state index contributed by atoms with van der Waals surface area (Å²) in [6, 6.07) is 15.0. The van der Waals surface area contributed by atoms with Crippen molar-refractivity contribution in [3.8, 4) is 0 Å². The van der Waals surface area contributed by atoms with Crippen molar-refractivity contribution >= 4 is 29.4 Å². The standard InChI is InChI=1S/C29H32N2O5/c1-17(2)16-36-29(35)19-10-12-22(13-11-19)30-26(32)23(14-18-6-4-3-5-7-18)31-27(33)24-20-8-9-21(15-20)25(24)28(31)34/h3-7,10-13,17,20-21,23-25H,8-9,14-16H2,1-2H3,(H,30,32)/t20-,21-,23-,24-,25+/m0/s1. The summed E-state index contributed by atoms with van der Waals surface area (Å²) in [5, 5.41) is 2.86. The van der Waals surface area contributed by atoms with Crippen LogP contribution < -0.4 is 5.32 Å². The minimum atomic E-state index is -0.937. The van der Waals surface area contributed by atoms with Crippen LogP contribution in [0.2, 0.25) is 0 Å². The second kappa shape index (κ2) is 9.88. The van der Waals surface area contributed by atoms with E-state index in [1.807, 2.05) is 44.2 Å².